The van der Waals surface area contributed by atoms with Gasteiger partial charge in [-0.1, -0.05) is 6.58 Å². The summed E-state index contributed by atoms with van der Waals surface area (Å²) in [4.78, 5) is 18.3. The van der Waals surface area contributed by atoms with Crippen molar-refractivity contribution >= 4 is 28.1 Å². The fourth-order valence-corrected chi connectivity index (χ4v) is 3.62. The van der Waals surface area contributed by atoms with Crippen LogP contribution in [0.5, 0.6) is 17.2 Å². The Bertz CT molecular complexity index is 1080. The Morgan fingerprint density at radius 2 is 1.93 bits per heavy atom. The molecule has 0 spiro atoms. The van der Waals surface area contributed by atoms with Crippen LogP contribution in [0.3, 0.4) is 0 Å². The van der Waals surface area contributed by atoms with E-state index >= 15 is 0 Å². The van der Waals surface area contributed by atoms with Gasteiger partial charge in [-0.2, -0.15) is 0 Å². The van der Waals surface area contributed by atoms with E-state index in [1.165, 1.54) is 34.4 Å². The molecule has 0 radical (unpaired) electrons. The van der Waals surface area contributed by atoms with Crippen LogP contribution in [0.2, 0.25) is 0 Å². The van der Waals surface area contributed by atoms with Gasteiger partial charge in [-0.15, -0.1) is 20.1 Å². The van der Waals surface area contributed by atoms with Crippen LogP contribution in [0.1, 0.15) is 0 Å². The van der Waals surface area contributed by atoms with Gasteiger partial charge in [-0.05, 0) is 42.5 Å². The number of benzene rings is 2. The Morgan fingerprint density at radius 1 is 1.21 bits per heavy atom. The first-order valence-corrected chi connectivity index (χ1v) is 9.24. The summed E-state index contributed by atoms with van der Waals surface area (Å²) in [6.45, 7) is 3.51. The van der Waals surface area contributed by atoms with Crippen molar-refractivity contribution in [3.05, 3.63) is 60.5 Å². The average Bonchev–Trinajstić information content (AvgIpc) is 3.30. The molecule has 2 heterocycles. The Morgan fingerprint density at radius 3 is 2.62 bits per heavy atom. The maximum Gasteiger partial charge on any atom is 0.586 e. The van der Waals surface area contributed by atoms with Crippen molar-refractivity contribution in [3.63, 3.8) is 0 Å². The van der Waals surface area contributed by atoms with E-state index < -0.39 is 12.2 Å². The zero-order valence-electron chi connectivity index (χ0n) is 15.1. The Hall–Kier alpha value is -3.46. The largest absolute Gasteiger partial charge is 0.586 e. The number of halogens is 2. The third-order valence-electron chi connectivity index (χ3n) is 4.11. The van der Waals surface area contributed by atoms with E-state index in [2.05, 4.69) is 21.0 Å². The molecule has 2 aromatic carbocycles. The molecule has 9 heteroatoms. The maximum atomic E-state index is 13.3. The van der Waals surface area contributed by atoms with E-state index in [-0.39, 0.29) is 11.5 Å². The normalized spacial score (nSPS) is 13.8. The molecule has 0 aliphatic carbocycles. The number of fused-ring (bicyclic) bond motifs is 1. The average molecular weight is 416 g/mol. The molecule has 1 aliphatic heterocycles. The molecule has 0 atom stereocenters. The molecule has 1 aromatic heterocycles. The van der Waals surface area contributed by atoms with Gasteiger partial charge in [-0.3, -0.25) is 9.69 Å². The van der Waals surface area contributed by atoms with Gasteiger partial charge in [-0.25, -0.2) is 4.98 Å². The smallest absolute Gasteiger partial charge is 0.497 e. The highest BCUT2D eigenvalue weighted by Gasteiger charge is 2.43. The van der Waals surface area contributed by atoms with Crippen molar-refractivity contribution in [2.24, 2.45) is 0 Å². The Labute approximate surface area is 168 Å². The van der Waals surface area contributed by atoms with Crippen LogP contribution in [0.15, 0.2) is 60.5 Å². The van der Waals surface area contributed by atoms with E-state index in [0.717, 1.165) is 11.6 Å². The van der Waals surface area contributed by atoms with E-state index in [4.69, 9.17) is 4.74 Å². The lowest BCUT2D eigenvalue weighted by Crippen LogP contribution is -2.26. The van der Waals surface area contributed by atoms with Crippen LogP contribution in [0, 0.1) is 0 Å². The van der Waals surface area contributed by atoms with Crippen LogP contribution in [0.4, 0.5) is 19.6 Å². The van der Waals surface area contributed by atoms with Gasteiger partial charge in [0.1, 0.15) is 5.75 Å². The number of rotatable bonds is 5. The second kappa shape index (κ2) is 7.17. The number of aromatic nitrogens is 1. The molecule has 0 bridgehead atoms. The first-order valence-electron chi connectivity index (χ1n) is 8.36. The molecule has 4 rings (SSSR count). The van der Waals surface area contributed by atoms with Crippen molar-refractivity contribution in [2.75, 3.05) is 12.0 Å². The summed E-state index contributed by atoms with van der Waals surface area (Å²) in [7, 11) is 1.58. The number of carbonyl (C=O) groups excluding carboxylic acids is 1. The standard InChI is InChI=1S/C20H14F2N2O4S/c1-3-18(25)24(13-6-9-16-17(10-13)28-20(21,22)27-16)19-23-15(11-29-19)12-4-7-14(26-2)8-5-12/h3-11H,1H2,2H3. The topological polar surface area (TPSA) is 60.9 Å². The molecule has 0 unspecified atom stereocenters. The first-order chi connectivity index (χ1) is 13.9. The van der Waals surface area contributed by atoms with Crippen molar-refractivity contribution < 1.29 is 27.8 Å². The molecule has 6 nitrogen and oxygen atoms in total. The number of thiazole rings is 1. The van der Waals surface area contributed by atoms with Gasteiger partial charge < -0.3 is 14.2 Å². The minimum atomic E-state index is -3.74. The highest BCUT2D eigenvalue weighted by atomic mass is 32.1. The van der Waals surface area contributed by atoms with Gasteiger partial charge in [0.2, 0.25) is 0 Å². The minimum absolute atomic E-state index is 0.109. The number of nitrogens with zero attached hydrogens (tertiary/aromatic N) is 2. The fraction of sp³-hybridized carbons (Fsp3) is 0.100. The predicted molar refractivity (Wildman–Crippen MR) is 104 cm³/mol. The molecule has 1 amide bonds. The maximum absolute atomic E-state index is 13.3. The molecular formula is C20H14F2N2O4S. The fourth-order valence-electron chi connectivity index (χ4n) is 2.76. The number of hydrogen-bond acceptors (Lipinski definition) is 6. The number of ether oxygens (including phenoxy) is 3. The third kappa shape index (κ3) is 3.64. The zero-order valence-corrected chi connectivity index (χ0v) is 15.9. The van der Waals surface area contributed by atoms with Gasteiger partial charge in [0.15, 0.2) is 16.6 Å². The number of methoxy groups -OCH3 is 1. The van der Waals surface area contributed by atoms with E-state index in [0.29, 0.717) is 22.3 Å². The predicted octanol–water partition coefficient (Wildman–Crippen LogP) is 4.99. The number of amides is 1. The second-order valence-corrected chi connectivity index (χ2v) is 6.76. The van der Waals surface area contributed by atoms with Crippen LogP contribution < -0.4 is 19.1 Å². The number of carbonyl (C=O) groups is 1. The van der Waals surface area contributed by atoms with E-state index in [9.17, 15) is 13.6 Å². The Balaban J connectivity index is 1.69. The quantitative estimate of drug-likeness (QED) is 0.549. The summed E-state index contributed by atoms with van der Waals surface area (Å²) in [5.74, 6) is -0.0276. The Kier molecular flexibility index (Phi) is 4.67. The van der Waals surface area contributed by atoms with Gasteiger partial charge in [0.25, 0.3) is 5.91 Å². The first kappa shape index (κ1) is 18.9. The van der Waals surface area contributed by atoms with Crippen LogP contribution >= 0.6 is 11.3 Å². The lowest BCUT2D eigenvalue weighted by Gasteiger charge is -2.18. The monoisotopic (exact) mass is 416 g/mol. The minimum Gasteiger partial charge on any atom is -0.497 e. The summed E-state index contributed by atoms with van der Waals surface area (Å²) < 4.78 is 40.6. The van der Waals surface area contributed by atoms with Gasteiger partial charge >= 0.3 is 6.29 Å². The summed E-state index contributed by atoms with van der Waals surface area (Å²) in [6, 6.07) is 11.4. The molecule has 148 valence electrons. The van der Waals surface area contributed by atoms with Crippen molar-refractivity contribution in [1.82, 2.24) is 4.98 Å². The molecule has 3 aromatic rings. The SMILES string of the molecule is C=CC(=O)N(c1ccc2c(c1)OC(F)(F)O2)c1nc(-c2ccc(OC)cc2)cs1. The summed E-state index contributed by atoms with van der Waals surface area (Å²) in [6.07, 6.45) is -2.62. The molecule has 1 aliphatic rings. The third-order valence-corrected chi connectivity index (χ3v) is 4.93. The number of alkyl halides is 2. The van der Waals surface area contributed by atoms with Crippen LogP contribution in [0.25, 0.3) is 11.3 Å². The summed E-state index contributed by atoms with van der Waals surface area (Å²) >= 11 is 1.23. The van der Waals surface area contributed by atoms with Crippen LogP contribution in [-0.2, 0) is 4.79 Å². The summed E-state index contributed by atoms with van der Waals surface area (Å²) in [5.41, 5.74) is 1.79. The van der Waals surface area contributed by atoms with E-state index in [1.807, 2.05) is 12.1 Å². The number of hydrogen-bond donors (Lipinski definition) is 0. The highest BCUT2D eigenvalue weighted by Crippen LogP contribution is 2.44. The molecule has 0 N–H and O–H groups in total. The lowest BCUT2D eigenvalue weighted by atomic mass is 10.2. The number of anilines is 2. The molecule has 29 heavy (non-hydrogen) atoms. The molecule has 0 saturated carbocycles. The van der Waals surface area contributed by atoms with Crippen molar-refractivity contribution in [3.8, 4) is 28.5 Å². The zero-order chi connectivity index (χ0) is 20.6. The molecular weight excluding hydrogens is 402 g/mol. The van der Waals surface area contributed by atoms with E-state index in [1.54, 1.807) is 24.6 Å². The van der Waals surface area contributed by atoms with Crippen LogP contribution in [-0.4, -0.2) is 24.3 Å². The lowest BCUT2D eigenvalue weighted by molar-refractivity contribution is -0.286. The highest BCUT2D eigenvalue weighted by molar-refractivity contribution is 7.14. The summed E-state index contributed by atoms with van der Waals surface area (Å²) in [5, 5.41) is 2.15. The molecule has 0 fully saturated rings. The van der Waals surface area contributed by atoms with Gasteiger partial charge in [0.05, 0.1) is 18.5 Å². The van der Waals surface area contributed by atoms with Crippen molar-refractivity contribution in [2.45, 2.75) is 6.29 Å². The molecule has 0 saturated heterocycles. The van der Waals surface area contributed by atoms with Gasteiger partial charge in [0, 0.05) is 17.0 Å². The second-order valence-electron chi connectivity index (χ2n) is 5.92. The van der Waals surface area contributed by atoms with Crippen molar-refractivity contribution in [1.29, 1.82) is 0 Å².